The highest BCUT2D eigenvalue weighted by atomic mass is 15.2. The minimum absolute atomic E-state index is 0.384. The average Bonchev–Trinajstić information content (AvgIpc) is 2.47. The number of hydrogen-bond acceptors (Lipinski definition) is 5. The predicted octanol–water partition coefficient (Wildman–Crippen LogP) is 2.57. The zero-order valence-corrected chi connectivity index (χ0v) is 11.9. The maximum Gasteiger partial charge on any atom is 0.134 e. The van der Waals surface area contributed by atoms with E-state index >= 15 is 0 Å². The summed E-state index contributed by atoms with van der Waals surface area (Å²) in [6.07, 6.45) is 3.13. The van der Waals surface area contributed by atoms with Crippen molar-refractivity contribution < 1.29 is 0 Å². The standard InChI is InChI=1S/C13H17N5.C2H4/c1-9(15-2)11-7-18(8-11)12-4-10(5-14)13(16-3)17-6-12;1-2/h4-6,11,14H,1-2,7-8H2,3H3,(H,16,17);1-2H2. The van der Waals surface area contributed by atoms with E-state index in [1.54, 1.807) is 7.05 Å². The molecule has 5 nitrogen and oxygen atoms in total. The van der Waals surface area contributed by atoms with Crippen molar-refractivity contribution >= 4 is 24.4 Å². The maximum absolute atomic E-state index is 7.38. The SMILES string of the molecule is C=C.C=NC(=C)C1CN(c2cnc(NC)c(C=N)c2)C1. The van der Waals surface area contributed by atoms with Crippen molar-refractivity contribution in [3.8, 4) is 0 Å². The van der Waals surface area contributed by atoms with Crippen molar-refractivity contribution in [3.05, 3.63) is 43.3 Å². The van der Waals surface area contributed by atoms with Gasteiger partial charge in [0.2, 0.25) is 0 Å². The zero-order valence-electron chi connectivity index (χ0n) is 11.9. The lowest BCUT2D eigenvalue weighted by Gasteiger charge is -2.40. The summed E-state index contributed by atoms with van der Waals surface area (Å²) in [5.41, 5.74) is 2.66. The van der Waals surface area contributed by atoms with Gasteiger partial charge < -0.3 is 15.6 Å². The number of hydrogen-bond donors (Lipinski definition) is 2. The lowest BCUT2D eigenvalue weighted by molar-refractivity contribution is 0.468. The van der Waals surface area contributed by atoms with E-state index in [2.05, 4.69) is 46.6 Å². The molecule has 1 aromatic heterocycles. The topological polar surface area (TPSA) is 64.4 Å². The second-order valence-electron chi connectivity index (χ2n) is 4.28. The van der Waals surface area contributed by atoms with E-state index in [1.807, 2.05) is 12.3 Å². The number of nitrogens with one attached hydrogen (secondary N) is 2. The molecule has 1 aliphatic rings. The van der Waals surface area contributed by atoms with E-state index in [9.17, 15) is 0 Å². The minimum atomic E-state index is 0.384. The van der Waals surface area contributed by atoms with Crippen molar-refractivity contribution in [1.29, 1.82) is 5.41 Å². The van der Waals surface area contributed by atoms with Crippen LogP contribution in [0.5, 0.6) is 0 Å². The molecular formula is C15H21N5. The van der Waals surface area contributed by atoms with Gasteiger partial charge in [0.25, 0.3) is 0 Å². The quantitative estimate of drug-likeness (QED) is 0.639. The molecule has 0 aromatic carbocycles. The van der Waals surface area contributed by atoms with Gasteiger partial charge in [-0.25, -0.2) is 4.98 Å². The third-order valence-corrected chi connectivity index (χ3v) is 3.22. The van der Waals surface area contributed by atoms with Crippen LogP contribution in [0, 0.1) is 11.3 Å². The van der Waals surface area contributed by atoms with Crippen LogP contribution in [0.25, 0.3) is 0 Å². The molecule has 0 amide bonds. The van der Waals surface area contributed by atoms with E-state index in [4.69, 9.17) is 5.41 Å². The molecule has 0 unspecified atom stereocenters. The summed E-state index contributed by atoms with van der Waals surface area (Å²) in [7, 11) is 1.80. The maximum atomic E-state index is 7.38. The first-order valence-electron chi connectivity index (χ1n) is 6.28. The monoisotopic (exact) mass is 271 g/mol. The zero-order chi connectivity index (χ0) is 15.1. The molecule has 0 spiro atoms. The Labute approximate surface area is 120 Å². The Hall–Kier alpha value is -2.43. The molecule has 1 aromatic rings. The summed E-state index contributed by atoms with van der Waals surface area (Å²) < 4.78 is 0. The molecule has 0 bridgehead atoms. The van der Waals surface area contributed by atoms with Crippen LogP contribution in [0.4, 0.5) is 11.5 Å². The first-order valence-corrected chi connectivity index (χ1v) is 6.28. The van der Waals surface area contributed by atoms with E-state index in [1.165, 1.54) is 6.21 Å². The van der Waals surface area contributed by atoms with Crippen LogP contribution in [-0.4, -0.2) is 38.1 Å². The fourth-order valence-electron chi connectivity index (χ4n) is 1.99. The molecular weight excluding hydrogens is 250 g/mol. The first-order chi connectivity index (χ1) is 9.69. The van der Waals surface area contributed by atoms with Gasteiger partial charge >= 0.3 is 0 Å². The Bertz CT molecular complexity index is 503. The highest BCUT2D eigenvalue weighted by Crippen LogP contribution is 2.29. The number of anilines is 2. The number of aromatic nitrogens is 1. The molecule has 1 fully saturated rings. The molecule has 2 heterocycles. The van der Waals surface area contributed by atoms with Crippen molar-refractivity contribution in [1.82, 2.24) is 4.98 Å². The molecule has 0 radical (unpaired) electrons. The second-order valence-corrected chi connectivity index (χ2v) is 4.28. The Morgan fingerprint density at radius 2 is 2.20 bits per heavy atom. The Morgan fingerprint density at radius 3 is 2.70 bits per heavy atom. The second kappa shape index (κ2) is 7.23. The van der Waals surface area contributed by atoms with Crippen molar-refractivity contribution in [3.63, 3.8) is 0 Å². The van der Waals surface area contributed by atoms with Gasteiger partial charge in [-0.05, 0) is 12.8 Å². The van der Waals surface area contributed by atoms with Gasteiger partial charge in [-0.2, -0.15) is 0 Å². The number of aliphatic imine (C=N–C) groups is 1. The van der Waals surface area contributed by atoms with E-state index in [0.29, 0.717) is 5.92 Å². The molecule has 106 valence electrons. The van der Waals surface area contributed by atoms with Crippen LogP contribution in [0.1, 0.15) is 5.56 Å². The van der Waals surface area contributed by atoms with Gasteiger partial charge in [-0.15, -0.1) is 13.2 Å². The summed E-state index contributed by atoms with van der Waals surface area (Å²) in [5.74, 6) is 1.11. The lowest BCUT2D eigenvalue weighted by Crippen LogP contribution is -2.47. The largest absolute Gasteiger partial charge is 0.373 e. The summed E-state index contributed by atoms with van der Waals surface area (Å²) in [6.45, 7) is 15.1. The fourth-order valence-corrected chi connectivity index (χ4v) is 1.99. The number of rotatable bonds is 5. The van der Waals surface area contributed by atoms with Crippen LogP contribution < -0.4 is 10.2 Å². The predicted molar refractivity (Wildman–Crippen MR) is 87.3 cm³/mol. The van der Waals surface area contributed by atoms with E-state index in [0.717, 1.165) is 35.9 Å². The minimum Gasteiger partial charge on any atom is -0.373 e. The third kappa shape index (κ3) is 3.12. The summed E-state index contributed by atoms with van der Waals surface area (Å²) in [5, 5.41) is 10.3. The Morgan fingerprint density at radius 1 is 1.55 bits per heavy atom. The van der Waals surface area contributed by atoms with Crippen molar-refractivity contribution in [2.75, 3.05) is 30.4 Å². The van der Waals surface area contributed by atoms with Crippen LogP contribution in [-0.2, 0) is 0 Å². The number of nitrogens with zero attached hydrogens (tertiary/aromatic N) is 3. The van der Waals surface area contributed by atoms with Crippen LogP contribution in [0.3, 0.4) is 0 Å². The van der Waals surface area contributed by atoms with Crippen LogP contribution >= 0.6 is 0 Å². The highest BCUT2D eigenvalue weighted by molar-refractivity contribution is 5.85. The molecule has 20 heavy (non-hydrogen) atoms. The number of pyridine rings is 1. The van der Waals surface area contributed by atoms with Crippen molar-refractivity contribution in [2.45, 2.75) is 0 Å². The van der Waals surface area contributed by atoms with Gasteiger partial charge in [-0.1, -0.05) is 6.58 Å². The lowest BCUT2D eigenvalue weighted by atomic mass is 9.96. The molecule has 0 atom stereocenters. The normalized spacial score (nSPS) is 13.6. The summed E-state index contributed by atoms with van der Waals surface area (Å²) in [6, 6.07) is 1.96. The molecule has 2 N–H and O–H groups in total. The fraction of sp³-hybridized carbons (Fsp3) is 0.267. The van der Waals surface area contributed by atoms with Gasteiger partial charge in [0, 0.05) is 43.5 Å². The molecule has 0 saturated carbocycles. The van der Waals surface area contributed by atoms with Gasteiger partial charge in [0.05, 0.1) is 11.9 Å². The third-order valence-electron chi connectivity index (χ3n) is 3.22. The highest BCUT2D eigenvalue weighted by Gasteiger charge is 2.29. The van der Waals surface area contributed by atoms with Crippen molar-refractivity contribution in [2.24, 2.45) is 10.9 Å². The van der Waals surface area contributed by atoms with Gasteiger partial charge in [0.1, 0.15) is 5.82 Å². The van der Waals surface area contributed by atoms with Crippen LogP contribution in [0.15, 0.2) is 42.7 Å². The first kappa shape index (κ1) is 15.6. The summed E-state index contributed by atoms with van der Waals surface area (Å²) in [4.78, 5) is 10.4. The van der Waals surface area contributed by atoms with E-state index < -0.39 is 0 Å². The molecule has 5 heteroatoms. The van der Waals surface area contributed by atoms with Crippen LogP contribution in [0.2, 0.25) is 0 Å². The molecule has 2 rings (SSSR count). The molecule has 1 saturated heterocycles. The molecule has 0 aliphatic carbocycles. The van der Waals surface area contributed by atoms with Gasteiger partial charge in [-0.3, -0.25) is 4.99 Å². The average molecular weight is 271 g/mol. The Balaban J connectivity index is 0.000000956. The Kier molecular flexibility index (Phi) is 5.65. The van der Waals surface area contributed by atoms with Gasteiger partial charge in [0.15, 0.2) is 0 Å². The van der Waals surface area contributed by atoms with E-state index in [-0.39, 0.29) is 0 Å². The smallest absolute Gasteiger partial charge is 0.134 e. The molecule has 1 aliphatic heterocycles. The summed E-state index contributed by atoms with van der Waals surface area (Å²) >= 11 is 0.